The molecule has 1 aromatic heterocycles. The second kappa shape index (κ2) is 10.8. The van der Waals surface area contributed by atoms with Gasteiger partial charge in [-0.15, -0.1) is 0 Å². The number of morpholine rings is 1. The fourth-order valence-corrected chi connectivity index (χ4v) is 4.66. The van der Waals surface area contributed by atoms with Crippen LogP contribution >= 0.6 is 0 Å². The molecule has 8 heteroatoms. The average molecular weight is 454 g/mol. The van der Waals surface area contributed by atoms with Crippen molar-refractivity contribution in [1.29, 1.82) is 0 Å². The quantitative estimate of drug-likeness (QED) is 0.641. The van der Waals surface area contributed by atoms with Gasteiger partial charge in [0.05, 0.1) is 25.1 Å². The van der Waals surface area contributed by atoms with Crippen LogP contribution in [0.3, 0.4) is 0 Å². The molecule has 0 radical (unpaired) electrons. The Morgan fingerprint density at radius 1 is 1.06 bits per heavy atom. The molecular formula is C25H35N5O3. The molecule has 3 heterocycles. The molecule has 2 aliphatic heterocycles. The highest BCUT2D eigenvalue weighted by atomic mass is 16.5. The minimum Gasteiger partial charge on any atom is -0.378 e. The lowest BCUT2D eigenvalue weighted by Crippen LogP contribution is -2.41. The third-order valence-electron chi connectivity index (χ3n) is 6.61. The summed E-state index contributed by atoms with van der Waals surface area (Å²) < 4.78 is 6.93. The van der Waals surface area contributed by atoms with Crippen molar-refractivity contribution in [3.8, 4) is 0 Å². The van der Waals surface area contributed by atoms with E-state index >= 15 is 0 Å². The van der Waals surface area contributed by atoms with Crippen molar-refractivity contribution in [2.75, 3.05) is 56.2 Å². The summed E-state index contributed by atoms with van der Waals surface area (Å²) in [6.07, 6.45) is 4.23. The third kappa shape index (κ3) is 5.74. The van der Waals surface area contributed by atoms with Gasteiger partial charge in [0.1, 0.15) is 0 Å². The maximum absolute atomic E-state index is 13.1. The van der Waals surface area contributed by atoms with Crippen LogP contribution in [-0.4, -0.2) is 67.0 Å². The number of ether oxygens (including phenoxy) is 1. The number of aryl methyl sites for hydroxylation is 1. The number of hydrogen-bond acceptors (Lipinski definition) is 6. The number of carbonyl (C=O) groups is 1. The van der Waals surface area contributed by atoms with E-state index in [9.17, 15) is 9.59 Å². The lowest BCUT2D eigenvalue weighted by atomic mass is 9.95. The summed E-state index contributed by atoms with van der Waals surface area (Å²) in [6.45, 7) is 8.19. The van der Waals surface area contributed by atoms with Crippen LogP contribution in [0.2, 0.25) is 0 Å². The van der Waals surface area contributed by atoms with Crippen LogP contribution in [0.25, 0.3) is 0 Å². The van der Waals surface area contributed by atoms with E-state index in [2.05, 4.69) is 39.2 Å². The first-order valence-corrected chi connectivity index (χ1v) is 12.0. The highest BCUT2D eigenvalue weighted by Gasteiger charge is 2.27. The van der Waals surface area contributed by atoms with Gasteiger partial charge >= 0.3 is 0 Å². The molecule has 0 N–H and O–H groups in total. The Labute approximate surface area is 195 Å². The van der Waals surface area contributed by atoms with Gasteiger partial charge in [0.25, 0.3) is 5.56 Å². The molecule has 33 heavy (non-hydrogen) atoms. The van der Waals surface area contributed by atoms with E-state index in [1.54, 1.807) is 12.3 Å². The molecule has 1 aromatic carbocycles. The molecule has 0 spiro atoms. The zero-order valence-corrected chi connectivity index (χ0v) is 19.8. The minimum atomic E-state index is -0.0630. The van der Waals surface area contributed by atoms with Crippen LogP contribution in [0.5, 0.6) is 0 Å². The molecule has 0 bridgehead atoms. The van der Waals surface area contributed by atoms with Crippen LogP contribution in [0.1, 0.15) is 31.7 Å². The number of nitrogens with zero attached hydrogens (tertiary/aromatic N) is 5. The number of hydrogen-bond donors (Lipinski definition) is 0. The van der Waals surface area contributed by atoms with E-state index in [0.29, 0.717) is 13.1 Å². The van der Waals surface area contributed by atoms with E-state index in [-0.39, 0.29) is 17.4 Å². The van der Waals surface area contributed by atoms with E-state index in [0.717, 1.165) is 69.9 Å². The van der Waals surface area contributed by atoms with Crippen molar-refractivity contribution in [1.82, 2.24) is 14.7 Å². The van der Waals surface area contributed by atoms with Gasteiger partial charge < -0.3 is 19.4 Å². The minimum absolute atomic E-state index is 0.0206. The average Bonchev–Trinajstić information content (AvgIpc) is 2.86. The van der Waals surface area contributed by atoms with E-state index in [1.807, 2.05) is 18.9 Å². The van der Waals surface area contributed by atoms with Gasteiger partial charge in [-0.25, -0.2) is 4.68 Å². The van der Waals surface area contributed by atoms with Crippen molar-refractivity contribution in [3.63, 3.8) is 0 Å². The fraction of sp³-hybridized carbons (Fsp3) is 0.560. The smallest absolute Gasteiger partial charge is 0.268 e. The number of rotatable bonds is 7. The van der Waals surface area contributed by atoms with E-state index in [1.165, 1.54) is 10.4 Å². The van der Waals surface area contributed by atoms with E-state index in [4.69, 9.17) is 4.74 Å². The summed E-state index contributed by atoms with van der Waals surface area (Å²) in [6, 6.07) is 10.2. The Kier molecular flexibility index (Phi) is 7.65. The number of amides is 1. The Morgan fingerprint density at radius 2 is 1.73 bits per heavy atom. The van der Waals surface area contributed by atoms with Crippen LogP contribution in [0, 0.1) is 5.92 Å². The number of anilines is 2. The summed E-state index contributed by atoms with van der Waals surface area (Å²) in [4.78, 5) is 31.6. The predicted octanol–water partition coefficient (Wildman–Crippen LogP) is 2.36. The number of aromatic nitrogens is 2. The number of carbonyl (C=O) groups excluding carboxylic acids is 1. The Bertz CT molecular complexity index is 976. The number of benzene rings is 1. The first-order valence-electron chi connectivity index (χ1n) is 12.0. The van der Waals surface area contributed by atoms with Gasteiger partial charge in [0.2, 0.25) is 5.91 Å². The molecule has 2 fully saturated rings. The molecule has 178 valence electrons. The summed E-state index contributed by atoms with van der Waals surface area (Å²) in [5, 5.41) is 4.29. The molecule has 0 aliphatic carbocycles. The lowest BCUT2D eigenvalue weighted by molar-refractivity contribution is -0.135. The van der Waals surface area contributed by atoms with E-state index < -0.39 is 0 Å². The summed E-state index contributed by atoms with van der Waals surface area (Å²) in [7, 11) is 1.89. The van der Waals surface area contributed by atoms with Gasteiger partial charge in [-0.2, -0.15) is 5.10 Å². The maximum atomic E-state index is 13.1. The Morgan fingerprint density at radius 3 is 2.36 bits per heavy atom. The summed E-state index contributed by atoms with van der Waals surface area (Å²) in [5.41, 5.74) is 3.14. The maximum Gasteiger partial charge on any atom is 0.268 e. The molecule has 8 nitrogen and oxygen atoms in total. The fourth-order valence-electron chi connectivity index (χ4n) is 4.66. The highest BCUT2D eigenvalue weighted by molar-refractivity contribution is 5.79. The van der Waals surface area contributed by atoms with Crippen molar-refractivity contribution in [2.45, 2.75) is 39.3 Å². The normalized spacial score (nSPS) is 17.3. The second-order valence-electron chi connectivity index (χ2n) is 9.00. The van der Waals surface area contributed by atoms with Gasteiger partial charge in [-0.3, -0.25) is 9.59 Å². The van der Waals surface area contributed by atoms with Crippen LogP contribution in [0.4, 0.5) is 11.4 Å². The molecular weight excluding hydrogens is 418 g/mol. The Hall–Kier alpha value is -2.87. The highest BCUT2D eigenvalue weighted by Crippen LogP contribution is 2.24. The first-order chi connectivity index (χ1) is 16.0. The summed E-state index contributed by atoms with van der Waals surface area (Å²) >= 11 is 0. The topological polar surface area (TPSA) is 70.9 Å². The lowest BCUT2D eigenvalue weighted by Gasteiger charge is -2.34. The zero-order chi connectivity index (χ0) is 23.2. The monoisotopic (exact) mass is 453 g/mol. The van der Waals surface area contributed by atoms with Crippen LogP contribution in [0.15, 0.2) is 41.3 Å². The number of piperidine rings is 1. The van der Waals surface area contributed by atoms with Crippen molar-refractivity contribution < 1.29 is 9.53 Å². The Balaban J connectivity index is 1.28. The first kappa shape index (κ1) is 23.3. The zero-order valence-electron chi connectivity index (χ0n) is 19.8. The van der Waals surface area contributed by atoms with Gasteiger partial charge in [0, 0.05) is 64.0 Å². The van der Waals surface area contributed by atoms with Gasteiger partial charge in [-0.05, 0) is 37.0 Å². The predicted molar refractivity (Wildman–Crippen MR) is 130 cm³/mol. The van der Waals surface area contributed by atoms with Crippen molar-refractivity contribution >= 4 is 17.3 Å². The van der Waals surface area contributed by atoms with Crippen molar-refractivity contribution in [2.24, 2.45) is 5.92 Å². The van der Waals surface area contributed by atoms with Crippen LogP contribution < -0.4 is 15.4 Å². The standard InChI is InChI=1S/C25H35N5O3/c1-3-10-30-24(31)17-23(18-26-30)28-11-8-21(9-12-28)25(32)27(2)19-20-4-6-22(7-5-20)29-13-15-33-16-14-29/h4-7,17-18,21H,3,8-16,19H2,1-2H3. The molecule has 0 atom stereocenters. The molecule has 1 amide bonds. The molecule has 2 aliphatic rings. The van der Waals surface area contributed by atoms with Crippen LogP contribution in [-0.2, 0) is 22.6 Å². The molecule has 0 unspecified atom stereocenters. The molecule has 2 saturated heterocycles. The second-order valence-corrected chi connectivity index (χ2v) is 9.00. The van der Waals surface area contributed by atoms with Gasteiger partial charge in [0.15, 0.2) is 0 Å². The SMILES string of the molecule is CCCn1ncc(N2CCC(C(=O)N(C)Cc3ccc(N4CCOCC4)cc3)CC2)cc1=O. The summed E-state index contributed by atoms with van der Waals surface area (Å²) in [5.74, 6) is 0.218. The molecule has 0 saturated carbocycles. The largest absolute Gasteiger partial charge is 0.378 e. The molecule has 4 rings (SSSR count). The molecule has 2 aromatic rings. The third-order valence-corrected chi connectivity index (χ3v) is 6.61. The van der Waals surface area contributed by atoms with Gasteiger partial charge in [-0.1, -0.05) is 19.1 Å². The van der Waals surface area contributed by atoms with Crippen molar-refractivity contribution in [3.05, 3.63) is 52.4 Å².